The van der Waals surface area contributed by atoms with Crippen LogP contribution in [0.4, 0.5) is 0 Å². The van der Waals surface area contributed by atoms with Crippen LogP contribution in [0.5, 0.6) is 0 Å². The van der Waals surface area contributed by atoms with Gasteiger partial charge in [0, 0.05) is 30.9 Å². The van der Waals surface area contributed by atoms with Gasteiger partial charge in [0.05, 0.1) is 0 Å². The lowest BCUT2D eigenvalue weighted by molar-refractivity contribution is 0.354. The van der Waals surface area contributed by atoms with E-state index in [0.717, 1.165) is 23.9 Å². The molecule has 3 heteroatoms. The van der Waals surface area contributed by atoms with Crippen LogP contribution in [0.2, 0.25) is 0 Å². The fourth-order valence-electron chi connectivity index (χ4n) is 2.57. The van der Waals surface area contributed by atoms with Crippen molar-refractivity contribution >= 4 is 11.8 Å². The van der Waals surface area contributed by atoms with Gasteiger partial charge in [0.1, 0.15) is 0 Å². The molecule has 0 radical (unpaired) electrons. The minimum absolute atomic E-state index is 0.728. The van der Waals surface area contributed by atoms with E-state index in [1.54, 1.807) is 0 Å². The minimum Gasteiger partial charge on any atom is -0.309 e. The Morgan fingerprint density at radius 1 is 1.07 bits per heavy atom. The lowest BCUT2D eigenvalue weighted by atomic mass is 10.0. The molecule has 0 saturated carbocycles. The lowest BCUT2D eigenvalue weighted by Gasteiger charge is -2.24. The lowest BCUT2D eigenvalue weighted by Crippen LogP contribution is -2.45. The molecule has 4 atom stereocenters. The molecule has 1 N–H and O–H groups in total. The second-order valence-electron chi connectivity index (χ2n) is 5.09. The van der Waals surface area contributed by atoms with E-state index in [1.807, 2.05) is 0 Å². The summed E-state index contributed by atoms with van der Waals surface area (Å²) in [7, 11) is 2.23. The number of nitrogens with zero attached hydrogens (tertiary/aromatic N) is 1. The Hall–Kier alpha value is 0.270. The molecule has 82 valence electrons. The van der Waals surface area contributed by atoms with Crippen LogP contribution in [0, 0.1) is 11.8 Å². The van der Waals surface area contributed by atoms with Crippen molar-refractivity contribution in [1.82, 2.24) is 10.2 Å². The van der Waals surface area contributed by atoms with Gasteiger partial charge < -0.3 is 10.2 Å². The van der Waals surface area contributed by atoms with E-state index in [0.29, 0.717) is 0 Å². The molecule has 2 nitrogen and oxygen atoms in total. The zero-order valence-corrected chi connectivity index (χ0v) is 10.3. The highest BCUT2D eigenvalue weighted by Gasteiger charge is 2.32. The fraction of sp³-hybridized carbons (Fsp3) is 1.00. The Labute approximate surface area is 91.8 Å². The van der Waals surface area contributed by atoms with Crippen molar-refractivity contribution in [3.63, 3.8) is 0 Å². The van der Waals surface area contributed by atoms with Crippen LogP contribution >= 0.6 is 11.8 Å². The van der Waals surface area contributed by atoms with E-state index in [-0.39, 0.29) is 0 Å². The summed E-state index contributed by atoms with van der Waals surface area (Å²) in [6, 6.07) is 1.49. The second-order valence-corrected chi connectivity index (χ2v) is 6.17. The molecule has 0 aromatic rings. The van der Waals surface area contributed by atoms with Crippen molar-refractivity contribution in [1.29, 1.82) is 0 Å². The zero-order chi connectivity index (χ0) is 10.1. The van der Waals surface area contributed by atoms with E-state index in [4.69, 9.17) is 0 Å². The summed E-state index contributed by atoms with van der Waals surface area (Å²) in [6.07, 6.45) is 0. The SMILES string of the molecule is CC1CSCC1NC1CN(C)CC1C. The van der Waals surface area contributed by atoms with Crippen molar-refractivity contribution in [2.24, 2.45) is 11.8 Å². The topological polar surface area (TPSA) is 15.3 Å². The number of hydrogen-bond acceptors (Lipinski definition) is 3. The predicted molar refractivity (Wildman–Crippen MR) is 63.9 cm³/mol. The average Bonchev–Trinajstić information content (AvgIpc) is 2.62. The van der Waals surface area contributed by atoms with E-state index >= 15 is 0 Å². The third-order valence-corrected chi connectivity index (χ3v) is 4.94. The van der Waals surface area contributed by atoms with E-state index < -0.39 is 0 Å². The van der Waals surface area contributed by atoms with Crippen molar-refractivity contribution in [2.45, 2.75) is 25.9 Å². The van der Waals surface area contributed by atoms with Crippen molar-refractivity contribution < 1.29 is 0 Å². The predicted octanol–water partition coefficient (Wildman–Crippen LogP) is 1.28. The van der Waals surface area contributed by atoms with Crippen LogP contribution in [-0.4, -0.2) is 48.6 Å². The number of likely N-dealkylation sites (tertiary alicyclic amines) is 1. The van der Waals surface area contributed by atoms with Crippen LogP contribution in [0.25, 0.3) is 0 Å². The average molecular weight is 214 g/mol. The molecular weight excluding hydrogens is 192 g/mol. The molecule has 0 spiro atoms. The molecule has 2 aliphatic rings. The van der Waals surface area contributed by atoms with Gasteiger partial charge in [0.15, 0.2) is 0 Å². The largest absolute Gasteiger partial charge is 0.309 e. The Morgan fingerprint density at radius 2 is 1.86 bits per heavy atom. The first kappa shape index (κ1) is 10.8. The normalized spacial score (nSPS) is 44.8. The van der Waals surface area contributed by atoms with Gasteiger partial charge in [0.2, 0.25) is 0 Å². The van der Waals surface area contributed by atoms with E-state index in [1.165, 1.54) is 24.6 Å². The highest BCUT2D eigenvalue weighted by Crippen LogP contribution is 2.25. The van der Waals surface area contributed by atoms with Gasteiger partial charge >= 0.3 is 0 Å². The van der Waals surface area contributed by atoms with Crippen molar-refractivity contribution in [2.75, 3.05) is 31.6 Å². The first-order chi connectivity index (χ1) is 6.66. The third-order valence-electron chi connectivity index (χ3n) is 3.59. The quantitative estimate of drug-likeness (QED) is 0.745. The summed E-state index contributed by atoms with van der Waals surface area (Å²) in [4.78, 5) is 2.44. The number of hydrogen-bond donors (Lipinski definition) is 1. The molecule has 0 aromatic heterocycles. The molecule has 2 aliphatic heterocycles. The first-order valence-corrected chi connectivity index (χ1v) is 6.84. The highest BCUT2D eigenvalue weighted by molar-refractivity contribution is 7.99. The van der Waals surface area contributed by atoms with Gasteiger partial charge in [-0.3, -0.25) is 0 Å². The van der Waals surface area contributed by atoms with Crippen LogP contribution in [-0.2, 0) is 0 Å². The molecule has 0 bridgehead atoms. The number of thioether (sulfide) groups is 1. The molecule has 14 heavy (non-hydrogen) atoms. The monoisotopic (exact) mass is 214 g/mol. The van der Waals surface area contributed by atoms with Gasteiger partial charge in [-0.05, 0) is 24.6 Å². The molecule has 2 heterocycles. The molecule has 0 amide bonds. The maximum atomic E-state index is 3.85. The van der Waals surface area contributed by atoms with Crippen molar-refractivity contribution in [3.05, 3.63) is 0 Å². The molecule has 2 rings (SSSR count). The van der Waals surface area contributed by atoms with Gasteiger partial charge in [-0.1, -0.05) is 13.8 Å². The van der Waals surface area contributed by atoms with Crippen molar-refractivity contribution in [3.8, 4) is 0 Å². The van der Waals surface area contributed by atoms with Crippen LogP contribution in [0.1, 0.15) is 13.8 Å². The van der Waals surface area contributed by atoms with Gasteiger partial charge in [-0.15, -0.1) is 0 Å². The van der Waals surface area contributed by atoms with Gasteiger partial charge in [-0.25, -0.2) is 0 Å². The molecule has 0 aromatic carbocycles. The van der Waals surface area contributed by atoms with Crippen LogP contribution in [0.15, 0.2) is 0 Å². The summed E-state index contributed by atoms with van der Waals surface area (Å²) in [5.41, 5.74) is 0. The van der Waals surface area contributed by atoms with Gasteiger partial charge in [-0.2, -0.15) is 11.8 Å². The molecule has 2 saturated heterocycles. The first-order valence-electron chi connectivity index (χ1n) is 5.69. The smallest absolute Gasteiger partial charge is 0.0235 e. The Balaban J connectivity index is 1.85. The van der Waals surface area contributed by atoms with Crippen LogP contribution in [0.3, 0.4) is 0 Å². The van der Waals surface area contributed by atoms with E-state index in [9.17, 15) is 0 Å². The number of likely N-dealkylation sites (N-methyl/N-ethyl adjacent to an activating group) is 1. The Morgan fingerprint density at radius 3 is 2.36 bits per heavy atom. The summed E-state index contributed by atoms with van der Waals surface area (Å²) in [6.45, 7) is 7.23. The maximum Gasteiger partial charge on any atom is 0.0235 e. The second kappa shape index (κ2) is 4.42. The minimum atomic E-state index is 0.728. The highest BCUT2D eigenvalue weighted by atomic mass is 32.2. The fourth-order valence-corrected chi connectivity index (χ4v) is 3.99. The zero-order valence-electron chi connectivity index (χ0n) is 9.49. The summed E-state index contributed by atoms with van der Waals surface area (Å²) in [5.74, 6) is 4.33. The van der Waals surface area contributed by atoms with Crippen LogP contribution < -0.4 is 5.32 Å². The molecule has 2 fully saturated rings. The Bertz CT molecular complexity index is 198. The summed E-state index contributed by atoms with van der Waals surface area (Å²) in [5, 5.41) is 3.85. The molecular formula is C11H22N2S. The summed E-state index contributed by atoms with van der Waals surface area (Å²) >= 11 is 2.10. The maximum absolute atomic E-state index is 3.85. The molecule has 0 aliphatic carbocycles. The standard InChI is InChI=1S/C11H22N2S/c1-8-4-13(3)5-10(8)12-11-7-14-6-9(11)2/h8-12H,4-7H2,1-3H3. The Kier molecular flexibility index (Phi) is 3.40. The molecule has 4 unspecified atom stereocenters. The summed E-state index contributed by atoms with van der Waals surface area (Å²) < 4.78 is 0. The number of nitrogens with one attached hydrogen (secondary N) is 1. The van der Waals surface area contributed by atoms with E-state index in [2.05, 4.69) is 42.9 Å². The number of rotatable bonds is 2. The third kappa shape index (κ3) is 2.26. The van der Waals surface area contributed by atoms with Gasteiger partial charge in [0.25, 0.3) is 0 Å².